The summed E-state index contributed by atoms with van der Waals surface area (Å²) in [6, 6.07) is 1.72. The van der Waals surface area contributed by atoms with Gasteiger partial charge < -0.3 is 10.3 Å². The van der Waals surface area contributed by atoms with Crippen molar-refractivity contribution in [1.82, 2.24) is 14.5 Å². The summed E-state index contributed by atoms with van der Waals surface area (Å²) in [5.74, 6) is 0.867. The topological polar surface area (TPSA) is 80.6 Å². The molecule has 0 aromatic carbocycles. The van der Waals surface area contributed by atoms with Crippen LogP contribution in [0.3, 0.4) is 0 Å². The summed E-state index contributed by atoms with van der Waals surface area (Å²) in [5.41, 5.74) is 6.93. The molecule has 2 aromatic heterocycles. The number of amidine groups is 1. The minimum atomic E-state index is 0.0282. The Bertz CT molecular complexity index is 500. The largest absolute Gasteiger partial charge is 0.384 e. The van der Waals surface area contributed by atoms with Crippen molar-refractivity contribution in [2.24, 2.45) is 5.73 Å². The fourth-order valence-corrected chi connectivity index (χ4v) is 1.44. The molecule has 0 fully saturated rings. The Balaban J connectivity index is 2.63. The van der Waals surface area contributed by atoms with Crippen molar-refractivity contribution in [3.8, 4) is 5.69 Å². The second-order valence-corrected chi connectivity index (χ2v) is 3.15. The lowest BCUT2D eigenvalue weighted by Crippen LogP contribution is -2.15. The molecule has 2 heterocycles. The molecule has 0 saturated carbocycles. The van der Waals surface area contributed by atoms with Crippen LogP contribution in [0.4, 0.5) is 0 Å². The minimum Gasteiger partial charge on any atom is -0.384 e. The van der Waals surface area contributed by atoms with E-state index in [0.29, 0.717) is 5.56 Å². The number of aryl methyl sites for hydroxylation is 1. The van der Waals surface area contributed by atoms with Gasteiger partial charge in [0.1, 0.15) is 11.7 Å². The number of hydrogen-bond donors (Lipinski definition) is 2. The molecule has 0 aliphatic rings. The normalized spacial score (nSPS) is 10.2. The molecule has 76 valence electrons. The van der Waals surface area contributed by atoms with E-state index in [9.17, 15) is 0 Å². The fraction of sp³-hybridized carbons (Fsp3) is 0.100. The molecule has 0 aliphatic heterocycles. The van der Waals surface area contributed by atoms with E-state index in [0.717, 1.165) is 11.5 Å². The number of nitrogen functional groups attached to an aromatic ring is 1. The summed E-state index contributed by atoms with van der Waals surface area (Å²) < 4.78 is 1.85. The summed E-state index contributed by atoms with van der Waals surface area (Å²) >= 11 is 0. The van der Waals surface area contributed by atoms with E-state index in [1.807, 2.05) is 17.7 Å². The first-order valence-electron chi connectivity index (χ1n) is 4.49. The van der Waals surface area contributed by atoms with E-state index >= 15 is 0 Å². The van der Waals surface area contributed by atoms with Gasteiger partial charge in [-0.3, -0.25) is 10.4 Å². The molecule has 0 saturated heterocycles. The summed E-state index contributed by atoms with van der Waals surface area (Å²) in [4.78, 5) is 8.14. The van der Waals surface area contributed by atoms with Crippen molar-refractivity contribution in [2.45, 2.75) is 6.92 Å². The molecule has 0 spiro atoms. The van der Waals surface area contributed by atoms with Crippen LogP contribution in [0.2, 0.25) is 0 Å². The van der Waals surface area contributed by atoms with Gasteiger partial charge in [-0.2, -0.15) is 0 Å². The molecule has 0 aliphatic carbocycles. The highest BCUT2D eigenvalue weighted by Gasteiger charge is 2.08. The van der Waals surface area contributed by atoms with Crippen molar-refractivity contribution in [1.29, 1.82) is 5.41 Å². The number of imidazole rings is 1. The Morgan fingerprint density at radius 1 is 1.47 bits per heavy atom. The Morgan fingerprint density at radius 2 is 2.27 bits per heavy atom. The maximum absolute atomic E-state index is 7.47. The zero-order chi connectivity index (χ0) is 10.8. The second kappa shape index (κ2) is 3.53. The van der Waals surface area contributed by atoms with E-state index in [1.165, 1.54) is 0 Å². The van der Waals surface area contributed by atoms with Crippen LogP contribution in [-0.2, 0) is 0 Å². The first kappa shape index (κ1) is 9.39. The van der Waals surface area contributed by atoms with Gasteiger partial charge in [-0.15, -0.1) is 0 Å². The molecule has 0 bridgehead atoms. The number of pyridine rings is 1. The predicted octanol–water partition coefficient (Wildman–Crippen LogP) is 0.860. The summed E-state index contributed by atoms with van der Waals surface area (Å²) in [6.45, 7) is 1.89. The summed E-state index contributed by atoms with van der Waals surface area (Å²) in [7, 11) is 0. The molecular formula is C10H11N5. The standard InChI is InChI=1S/C10H11N5/c1-7-14-4-5-15(7)9-6-13-3-2-8(9)10(11)12/h2-6H,1H3,(H3,11,12). The van der Waals surface area contributed by atoms with Crippen LogP contribution in [0.1, 0.15) is 11.4 Å². The van der Waals surface area contributed by atoms with Gasteiger partial charge in [-0.1, -0.05) is 0 Å². The minimum absolute atomic E-state index is 0.0282. The molecule has 0 radical (unpaired) electrons. The van der Waals surface area contributed by atoms with Gasteiger partial charge in [0, 0.05) is 24.2 Å². The van der Waals surface area contributed by atoms with Gasteiger partial charge in [0.05, 0.1) is 11.9 Å². The van der Waals surface area contributed by atoms with Crippen molar-refractivity contribution in [3.05, 3.63) is 42.2 Å². The van der Waals surface area contributed by atoms with Crippen LogP contribution in [-0.4, -0.2) is 20.4 Å². The third-order valence-corrected chi connectivity index (χ3v) is 2.18. The third kappa shape index (κ3) is 1.59. The Hall–Kier alpha value is -2.17. The lowest BCUT2D eigenvalue weighted by molar-refractivity contribution is 0.961. The number of nitrogens with two attached hydrogens (primary N) is 1. The van der Waals surface area contributed by atoms with Crippen LogP contribution in [0.25, 0.3) is 5.69 Å². The Morgan fingerprint density at radius 3 is 2.87 bits per heavy atom. The lowest BCUT2D eigenvalue weighted by Gasteiger charge is -2.09. The average molecular weight is 201 g/mol. The number of hydrogen-bond acceptors (Lipinski definition) is 3. The molecule has 2 aromatic rings. The van der Waals surface area contributed by atoms with Gasteiger partial charge in [0.25, 0.3) is 0 Å². The zero-order valence-corrected chi connectivity index (χ0v) is 8.31. The molecule has 3 N–H and O–H groups in total. The second-order valence-electron chi connectivity index (χ2n) is 3.15. The third-order valence-electron chi connectivity index (χ3n) is 2.18. The highest BCUT2D eigenvalue weighted by molar-refractivity contribution is 5.98. The smallest absolute Gasteiger partial charge is 0.125 e. The first-order chi connectivity index (χ1) is 7.20. The Kier molecular flexibility index (Phi) is 2.21. The molecule has 15 heavy (non-hydrogen) atoms. The van der Waals surface area contributed by atoms with Crippen LogP contribution in [0.5, 0.6) is 0 Å². The van der Waals surface area contributed by atoms with Crippen LogP contribution < -0.4 is 5.73 Å². The van der Waals surface area contributed by atoms with Crippen molar-refractivity contribution in [2.75, 3.05) is 0 Å². The molecule has 5 nitrogen and oxygen atoms in total. The van der Waals surface area contributed by atoms with Gasteiger partial charge in [-0.25, -0.2) is 4.98 Å². The first-order valence-corrected chi connectivity index (χ1v) is 4.49. The SMILES string of the molecule is Cc1nccn1-c1cnccc1C(=N)N. The molecule has 0 atom stereocenters. The number of rotatable bonds is 2. The average Bonchev–Trinajstić information content (AvgIpc) is 2.64. The van der Waals surface area contributed by atoms with Crippen molar-refractivity contribution >= 4 is 5.84 Å². The van der Waals surface area contributed by atoms with E-state index in [4.69, 9.17) is 11.1 Å². The number of nitrogens with zero attached hydrogens (tertiary/aromatic N) is 3. The summed E-state index contributed by atoms with van der Waals surface area (Å²) in [5, 5.41) is 7.47. The highest BCUT2D eigenvalue weighted by atomic mass is 15.1. The van der Waals surface area contributed by atoms with Crippen LogP contribution in [0.15, 0.2) is 30.9 Å². The monoisotopic (exact) mass is 201 g/mol. The van der Waals surface area contributed by atoms with E-state index < -0.39 is 0 Å². The fourth-order valence-electron chi connectivity index (χ4n) is 1.44. The quantitative estimate of drug-likeness (QED) is 0.558. The molecule has 0 unspecified atom stereocenters. The molecule has 5 heteroatoms. The van der Waals surface area contributed by atoms with Gasteiger partial charge in [0.2, 0.25) is 0 Å². The van der Waals surface area contributed by atoms with E-state index in [2.05, 4.69) is 9.97 Å². The van der Waals surface area contributed by atoms with Gasteiger partial charge in [-0.05, 0) is 13.0 Å². The number of nitrogens with one attached hydrogen (secondary N) is 1. The van der Waals surface area contributed by atoms with E-state index in [-0.39, 0.29) is 5.84 Å². The molecular weight excluding hydrogens is 190 g/mol. The van der Waals surface area contributed by atoms with Crippen molar-refractivity contribution in [3.63, 3.8) is 0 Å². The number of aromatic nitrogens is 3. The van der Waals surface area contributed by atoms with Gasteiger partial charge in [0.15, 0.2) is 0 Å². The highest BCUT2D eigenvalue weighted by Crippen LogP contribution is 2.13. The molecule has 0 amide bonds. The maximum Gasteiger partial charge on any atom is 0.125 e. The maximum atomic E-state index is 7.47. The Labute approximate surface area is 87.1 Å². The lowest BCUT2D eigenvalue weighted by atomic mass is 10.2. The van der Waals surface area contributed by atoms with E-state index in [1.54, 1.807) is 24.7 Å². The molecule has 2 rings (SSSR count). The summed E-state index contributed by atoms with van der Waals surface area (Å²) in [6.07, 6.45) is 6.81. The zero-order valence-electron chi connectivity index (χ0n) is 8.31. The van der Waals surface area contributed by atoms with Gasteiger partial charge >= 0.3 is 0 Å². The van der Waals surface area contributed by atoms with Crippen molar-refractivity contribution < 1.29 is 0 Å². The predicted molar refractivity (Wildman–Crippen MR) is 57.1 cm³/mol. The van der Waals surface area contributed by atoms with Crippen LogP contribution in [0, 0.1) is 12.3 Å². The van der Waals surface area contributed by atoms with Crippen LogP contribution >= 0.6 is 0 Å².